The van der Waals surface area contributed by atoms with E-state index in [0.717, 1.165) is 16.5 Å². The summed E-state index contributed by atoms with van der Waals surface area (Å²) in [6, 6.07) is 1.82. The maximum absolute atomic E-state index is 12.5. The molecule has 0 saturated heterocycles. The van der Waals surface area contributed by atoms with Crippen molar-refractivity contribution in [2.45, 2.75) is 13.3 Å². The first kappa shape index (κ1) is 13.4. The first-order chi connectivity index (χ1) is 9.19. The third-order valence-electron chi connectivity index (χ3n) is 2.79. The Morgan fingerprint density at radius 2 is 2.42 bits per heavy atom. The number of nitrogen functional groups attached to an aromatic ring is 1. The van der Waals surface area contributed by atoms with Crippen molar-refractivity contribution in [1.29, 1.82) is 0 Å². The number of fused-ring (bicyclic) bond motifs is 1. The molecule has 0 unspecified atom stereocenters. The number of hydrogen-bond donors (Lipinski definition) is 1. The highest BCUT2D eigenvalue weighted by atomic mass is 32.1. The van der Waals surface area contributed by atoms with Crippen molar-refractivity contribution in [2.75, 3.05) is 18.8 Å². The molecule has 0 aliphatic rings. The van der Waals surface area contributed by atoms with E-state index < -0.39 is 0 Å². The smallest absolute Gasteiger partial charge is 0.266 e. The largest absolute Gasteiger partial charge is 0.397 e. The molecular weight excluding hydrogens is 258 g/mol. The molecule has 2 aromatic rings. The average molecular weight is 273 g/mol. The lowest BCUT2D eigenvalue weighted by atomic mass is 10.2. The number of terminal acetylenes is 1. The SMILES string of the molecule is C#CCN(CCC)C(=O)c1sc2cnccc2c1N. The lowest BCUT2D eigenvalue weighted by Crippen LogP contribution is -2.32. The number of pyridine rings is 1. The van der Waals surface area contributed by atoms with E-state index in [1.54, 1.807) is 17.3 Å². The zero-order valence-corrected chi connectivity index (χ0v) is 11.5. The molecule has 2 aromatic heterocycles. The quantitative estimate of drug-likeness (QED) is 0.870. The van der Waals surface area contributed by atoms with Gasteiger partial charge in [-0.25, -0.2) is 0 Å². The molecule has 0 fully saturated rings. The first-order valence-electron chi connectivity index (χ1n) is 6.03. The first-order valence-corrected chi connectivity index (χ1v) is 6.85. The van der Waals surface area contributed by atoms with Gasteiger partial charge in [0.1, 0.15) is 4.88 Å². The van der Waals surface area contributed by atoms with Gasteiger partial charge in [0, 0.05) is 24.3 Å². The van der Waals surface area contributed by atoms with Crippen LogP contribution in [0, 0.1) is 12.3 Å². The lowest BCUT2D eigenvalue weighted by molar-refractivity contribution is 0.0782. The van der Waals surface area contributed by atoms with E-state index in [-0.39, 0.29) is 5.91 Å². The summed E-state index contributed by atoms with van der Waals surface area (Å²) < 4.78 is 0.917. The van der Waals surface area contributed by atoms with Gasteiger partial charge in [-0.15, -0.1) is 17.8 Å². The summed E-state index contributed by atoms with van der Waals surface area (Å²) in [4.78, 5) is 18.7. The van der Waals surface area contributed by atoms with Crippen LogP contribution in [-0.4, -0.2) is 28.9 Å². The standard InChI is InChI=1S/C14H15N3OS/c1-3-7-17(8-4-2)14(18)13-12(15)10-5-6-16-9-11(10)19-13/h1,5-6,9H,4,7-8,15H2,2H3. The van der Waals surface area contributed by atoms with Crippen molar-refractivity contribution in [3.8, 4) is 12.3 Å². The molecule has 4 nitrogen and oxygen atoms in total. The van der Waals surface area contributed by atoms with Crippen LogP contribution >= 0.6 is 11.3 Å². The van der Waals surface area contributed by atoms with Crippen molar-refractivity contribution in [2.24, 2.45) is 0 Å². The summed E-state index contributed by atoms with van der Waals surface area (Å²) in [5, 5.41) is 0.875. The molecule has 0 spiro atoms. The fraction of sp³-hybridized carbons (Fsp3) is 0.286. The third kappa shape index (κ3) is 2.54. The minimum atomic E-state index is -0.0986. The molecule has 98 valence electrons. The van der Waals surface area contributed by atoms with Crippen molar-refractivity contribution < 1.29 is 4.79 Å². The van der Waals surface area contributed by atoms with Crippen LogP contribution in [0.4, 0.5) is 5.69 Å². The van der Waals surface area contributed by atoms with E-state index in [9.17, 15) is 4.79 Å². The molecule has 2 rings (SSSR count). The molecule has 0 atom stereocenters. The second-order valence-corrected chi connectivity index (χ2v) is 5.20. The van der Waals surface area contributed by atoms with Gasteiger partial charge < -0.3 is 10.6 Å². The number of rotatable bonds is 4. The van der Waals surface area contributed by atoms with E-state index in [0.29, 0.717) is 23.7 Å². The molecule has 2 N–H and O–H groups in total. The van der Waals surface area contributed by atoms with Crippen LogP contribution in [-0.2, 0) is 0 Å². The highest BCUT2D eigenvalue weighted by Crippen LogP contribution is 2.33. The molecule has 0 saturated carbocycles. The average Bonchev–Trinajstić information content (AvgIpc) is 2.76. The number of amides is 1. The predicted octanol–water partition coefficient (Wildman–Crippen LogP) is 2.36. The molecule has 2 heterocycles. The number of thiophene rings is 1. The van der Waals surface area contributed by atoms with Gasteiger partial charge in [-0.2, -0.15) is 0 Å². The number of aromatic nitrogens is 1. The topological polar surface area (TPSA) is 59.2 Å². The third-order valence-corrected chi connectivity index (χ3v) is 3.93. The number of nitrogens with zero attached hydrogens (tertiary/aromatic N) is 2. The molecule has 1 amide bonds. The Morgan fingerprint density at radius 1 is 1.63 bits per heavy atom. The zero-order valence-electron chi connectivity index (χ0n) is 10.7. The molecule has 0 bridgehead atoms. The second kappa shape index (κ2) is 5.72. The van der Waals surface area contributed by atoms with Gasteiger partial charge in [0.2, 0.25) is 0 Å². The number of anilines is 1. The van der Waals surface area contributed by atoms with Crippen LogP contribution in [0.3, 0.4) is 0 Å². The molecule has 5 heteroatoms. The Balaban J connectivity index is 2.40. The number of nitrogens with two attached hydrogens (primary N) is 1. The van der Waals surface area contributed by atoms with E-state index >= 15 is 0 Å². The van der Waals surface area contributed by atoms with E-state index in [2.05, 4.69) is 10.9 Å². The van der Waals surface area contributed by atoms with Crippen LogP contribution in [0.5, 0.6) is 0 Å². The van der Waals surface area contributed by atoms with Crippen LogP contribution in [0.1, 0.15) is 23.0 Å². The molecular formula is C14H15N3OS. The Morgan fingerprint density at radius 3 is 3.05 bits per heavy atom. The summed E-state index contributed by atoms with van der Waals surface area (Å²) in [5.74, 6) is 2.41. The van der Waals surface area contributed by atoms with Gasteiger partial charge in [0.25, 0.3) is 5.91 Å². The summed E-state index contributed by atoms with van der Waals surface area (Å²) in [5.41, 5.74) is 6.57. The van der Waals surface area contributed by atoms with Crippen molar-refractivity contribution in [3.05, 3.63) is 23.3 Å². The van der Waals surface area contributed by atoms with Gasteiger partial charge >= 0.3 is 0 Å². The Labute approximate surface area is 116 Å². The predicted molar refractivity (Wildman–Crippen MR) is 79.1 cm³/mol. The van der Waals surface area contributed by atoms with E-state index in [4.69, 9.17) is 12.2 Å². The molecule has 0 aliphatic heterocycles. The fourth-order valence-corrected chi connectivity index (χ4v) is 2.96. The summed E-state index contributed by atoms with van der Waals surface area (Å²) >= 11 is 1.36. The van der Waals surface area contributed by atoms with Crippen molar-refractivity contribution in [1.82, 2.24) is 9.88 Å². The molecule has 19 heavy (non-hydrogen) atoms. The number of carbonyl (C=O) groups excluding carboxylic acids is 1. The van der Waals surface area contributed by atoms with Crippen LogP contribution < -0.4 is 5.73 Å². The van der Waals surface area contributed by atoms with Crippen LogP contribution in [0.15, 0.2) is 18.5 Å². The minimum Gasteiger partial charge on any atom is -0.397 e. The normalized spacial score (nSPS) is 10.3. The molecule has 0 radical (unpaired) electrons. The number of carbonyl (C=O) groups is 1. The second-order valence-electron chi connectivity index (χ2n) is 4.15. The number of hydrogen-bond acceptors (Lipinski definition) is 4. The van der Waals surface area contributed by atoms with E-state index in [1.165, 1.54) is 11.3 Å². The summed E-state index contributed by atoms with van der Waals surface area (Å²) in [6.45, 7) is 2.95. The van der Waals surface area contributed by atoms with Crippen molar-refractivity contribution in [3.63, 3.8) is 0 Å². The highest BCUT2D eigenvalue weighted by Gasteiger charge is 2.21. The van der Waals surface area contributed by atoms with Gasteiger partial charge in [-0.05, 0) is 12.5 Å². The Bertz CT molecular complexity index is 642. The van der Waals surface area contributed by atoms with Crippen LogP contribution in [0.2, 0.25) is 0 Å². The van der Waals surface area contributed by atoms with E-state index in [1.807, 2.05) is 13.0 Å². The lowest BCUT2D eigenvalue weighted by Gasteiger charge is -2.18. The van der Waals surface area contributed by atoms with Crippen molar-refractivity contribution >= 4 is 33.0 Å². The monoisotopic (exact) mass is 273 g/mol. The maximum atomic E-state index is 12.5. The highest BCUT2D eigenvalue weighted by molar-refractivity contribution is 7.21. The van der Waals surface area contributed by atoms with Gasteiger partial charge in [-0.3, -0.25) is 9.78 Å². The van der Waals surface area contributed by atoms with Gasteiger partial charge in [0.05, 0.1) is 16.9 Å². The molecule has 0 aromatic carbocycles. The molecule has 0 aliphatic carbocycles. The maximum Gasteiger partial charge on any atom is 0.266 e. The zero-order chi connectivity index (χ0) is 13.8. The van der Waals surface area contributed by atoms with Gasteiger partial charge in [0.15, 0.2) is 0 Å². The van der Waals surface area contributed by atoms with Gasteiger partial charge in [-0.1, -0.05) is 12.8 Å². The Kier molecular flexibility index (Phi) is 4.03. The Hall–Kier alpha value is -2.06. The summed E-state index contributed by atoms with van der Waals surface area (Å²) in [7, 11) is 0. The van der Waals surface area contributed by atoms with Crippen LogP contribution in [0.25, 0.3) is 10.1 Å². The summed E-state index contributed by atoms with van der Waals surface area (Å²) in [6.07, 6.45) is 9.56. The fourth-order valence-electron chi connectivity index (χ4n) is 1.91. The minimum absolute atomic E-state index is 0.0986.